The van der Waals surface area contributed by atoms with Crippen LogP contribution in [0.15, 0.2) is 0 Å². The third-order valence-corrected chi connectivity index (χ3v) is 1.78. The van der Waals surface area contributed by atoms with Crippen LogP contribution in [-0.2, 0) is 14.3 Å². The number of carbonyl (C=O) groups excluding carboxylic acids is 1. The average Bonchev–Trinajstić information content (AvgIpc) is 2.59. The highest BCUT2D eigenvalue weighted by Crippen LogP contribution is 2.34. The van der Waals surface area contributed by atoms with Crippen molar-refractivity contribution >= 4 is 11.9 Å². The number of aliphatic carboxylic acids is 1. The van der Waals surface area contributed by atoms with Gasteiger partial charge in [0.2, 0.25) is 0 Å². The molecule has 1 aliphatic heterocycles. The molecule has 0 aromatic carbocycles. The van der Waals surface area contributed by atoms with E-state index < -0.39 is 17.5 Å². The predicted molar refractivity (Wildman–Crippen MR) is 36.0 cm³/mol. The number of epoxide rings is 1. The summed E-state index contributed by atoms with van der Waals surface area (Å²) in [4.78, 5) is 21.0. The van der Waals surface area contributed by atoms with Gasteiger partial charge in [-0.05, 0) is 6.42 Å². The second-order valence-electron chi connectivity index (χ2n) is 2.63. The summed E-state index contributed by atoms with van der Waals surface area (Å²) in [6.45, 7) is 1.93. The molecule has 1 atom stereocenters. The number of ether oxygens (including phenoxy) is 1. The van der Waals surface area contributed by atoms with E-state index in [-0.39, 0.29) is 0 Å². The summed E-state index contributed by atoms with van der Waals surface area (Å²) in [5.74, 6) is -1.76. The van der Waals surface area contributed by atoms with E-state index in [0.717, 1.165) is 6.42 Å². The molecule has 1 N–H and O–H groups in total. The van der Waals surface area contributed by atoms with E-state index in [1.165, 1.54) is 0 Å². The van der Waals surface area contributed by atoms with Gasteiger partial charge in [0.1, 0.15) is 0 Å². The lowest BCUT2D eigenvalue weighted by atomic mass is 10.0. The summed E-state index contributed by atoms with van der Waals surface area (Å²) < 4.78 is 4.43. The van der Waals surface area contributed by atoms with Gasteiger partial charge in [-0.2, -0.15) is 0 Å². The molecule has 0 amide bonds. The summed E-state index contributed by atoms with van der Waals surface area (Å²) in [6.07, 6.45) is 1.88. The van der Waals surface area contributed by atoms with E-state index in [0.29, 0.717) is 12.8 Å². The second kappa shape index (κ2) is 2.53. The highest BCUT2D eigenvalue weighted by atomic mass is 16.7. The maximum atomic E-state index is 10.6. The van der Waals surface area contributed by atoms with Crippen LogP contribution in [-0.4, -0.2) is 22.6 Å². The first-order chi connectivity index (χ1) is 5.13. The topological polar surface area (TPSA) is 66.9 Å². The van der Waals surface area contributed by atoms with E-state index in [9.17, 15) is 9.59 Å². The first kappa shape index (κ1) is 8.04. The molecule has 1 aliphatic rings. The Morgan fingerprint density at radius 3 is 2.55 bits per heavy atom. The Bertz CT molecular complexity index is 199. The SMILES string of the molecule is CCCCC1(C(=O)O)OC1=O. The molecule has 1 saturated heterocycles. The fraction of sp³-hybridized carbons (Fsp3) is 0.714. The Balaban J connectivity index is 2.50. The highest BCUT2D eigenvalue weighted by molar-refractivity contribution is 6.13. The Morgan fingerprint density at radius 2 is 2.27 bits per heavy atom. The van der Waals surface area contributed by atoms with Crippen LogP contribution in [0, 0.1) is 0 Å². The van der Waals surface area contributed by atoms with Gasteiger partial charge in [-0.25, -0.2) is 9.59 Å². The molecule has 1 heterocycles. The molecule has 0 bridgehead atoms. The van der Waals surface area contributed by atoms with Gasteiger partial charge >= 0.3 is 17.5 Å². The molecule has 0 radical (unpaired) electrons. The van der Waals surface area contributed by atoms with Crippen molar-refractivity contribution in [3.05, 3.63) is 0 Å². The van der Waals surface area contributed by atoms with Crippen molar-refractivity contribution in [1.29, 1.82) is 0 Å². The third-order valence-electron chi connectivity index (χ3n) is 1.78. The smallest absolute Gasteiger partial charge is 0.364 e. The fourth-order valence-corrected chi connectivity index (χ4v) is 0.949. The molecular weight excluding hydrogens is 148 g/mol. The van der Waals surface area contributed by atoms with Gasteiger partial charge in [-0.1, -0.05) is 13.3 Å². The van der Waals surface area contributed by atoms with Gasteiger partial charge < -0.3 is 9.84 Å². The van der Waals surface area contributed by atoms with E-state index in [4.69, 9.17) is 5.11 Å². The predicted octanol–water partition coefficient (Wildman–Crippen LogP) is 0.557. The van der Waals surface area contributed by atoms with Gasteiger partial charge in [0.15, 0.2) is 0 Å². The minimum atomic E-state index is -1.46. The van der Waals surface area contributed by atoms with E-state index >= 15 is 0 Å². The molecule has 0 aromatic rings. The van der Waals surface area contributed by atoms with Crippen molar-refractivity contribution < 1.29 is 19.4 Å². The Hall–Kier alpha value is -1.06. The van der Waals surface area contributed by atoms with Crippen molar-refractivity contribution in [2.45, 2.75) is 31.8 Å². The number of unbranched alkanes of at least 4 members (excludes halogenated alkanes) is 1. The number of rotatable bonds is 4. The van der Waals surface area contributed by atoms with Crippen molar-refractivity contribution in [1.82, 2.24) is 0 Å². The lowest BCUT2D eigenvalue weighted by Gasteiger charge is -1.99. The Morgan fingerprint density at radius 1 is 1.73 bits per heavy atom. The molecule has 11 heavy (non-hydrogen) atoms. The van der Waals surface area contributed by atoms with Gasteiger partial charge in [0, 0.05) is 6.42 Å². The van der Waals surface area contributed by atoms with Crippen LogP contribution in [0.3, 0.4) is 0 Å². The molecule has 4 heteroatoms. The first-order valence-electron chi connectivity index (χ1n) is 3.60. The van der Waals surface area contributed by atoms with Crippen LogP contribution in [0.4, 0.5) is 0 Å². The molecule has 1 rings (SSSR count). The summed E-state index contributed by atoms with van der Waals surface area (Å²) in [6, 6.07) is 0. The van der Waals surface area contributed by atoms with E-state index in [1.54, 1.807) is 0 Å². The number of carboxylic acid groups (broad SMARTS) is 1. The zero-order valence-electron chi connectivity index (χ0n) is 6.29. The molecule has 0 saturated carbocycles. The third kappa shape index (κ3) is 1.20. The molecular formula is C7H10O4. The van der Waals surface area contributed by atoms with E-state index in [1.807, 2.05) is 6.92 Å². The van der Waals surface area contributed by atoms with E-state index in [2.05, 4.69) is 4.74 Å². The van der Waals surface area contributed by atoms with Crippen LogP contribution < -0.4 is 0 Å². The summed E-state index contributed by atoms with van der Waals surface area (Å²) in [5.41, 5.74) is -1.46. The molecule has 0 spiro atoms. The van der Waals surface area contributed by atoms with Crippen LogP contribution in [0.25, 0.3) is 0 Å². The van der Waals surface area contributed by atoms with Crippen LogP contribution in [0.5, 0.6) is 0 Å². The number of cyclic esters (lactones) is 1. The highest BCUT2D eigenvalue weighted by Gasteiger charge is 2.64. The van der Waals surface area contributed by atoms with Crippen molar-refractivity contribution in [3.8, 4) is 0 Å². The van der Waals surface area contributed by atoms with Gasteiger partial charge in [0.05, 0.1) is 0 Å². The summed E-state index contributed by atoms with van der Waals surface area (Å²) in [5, 5.41) is 8.55. The lowest BCUT2D eigenvalue weighted by molar-refractivity contribution is -0.143. The Labute approximate surface area is 64.2 Å². The minimum absolute atomic E-state index is 0.303. The molecule has 0 aliphatic carbocycles. The largest absolute Gasteiger partial charge is 0.478 e. The van der Waals surface area contributed by atoms with Crippen LogP contribution in [0.1, 0.15) is 26.2 Å². The number of carbonyl (C=O) groups is 2. The normalized spacial score (nSPS) is 27.9. The van der Waals surface area contributed by atoms with Crippen LogP contribution >= 0.6 is 0 Å². The standard InChI is InChI=1S/C7H10O4/c1-2-3-4-7(5(8)9)6(10)11-7/h2-4H2,1H3,(H,8,9). The van der Waals surface area contributed by atoms with Crippen LogP contribution in [0.2, 0.25) is 0 Å². The molecule has 62 valence electrons. The average molecular weight is 158 g/mol. The fourth-order valence-electron chi connectivity index (χ4n) is 0.949. The quantitative estimate of drug-likeness (QED) is 0.479. The molecule has 1 unspecified atom stereocenters. The molecule has 0 aromatic heterocycles. The number of hydrogen-bond acceptors (Lipinski definition) is 3. The zero-order chi connectivity index (χ0) is 8.48. The van der Waals surface area contributed by atoms with Gasteiger partial charge in [0.25, 0.3) is 0 Å². The minimum Gasteiger partial charge on any atom is -0.478 e. The van der Waals surface area contributed by atoms with Gasteiger partial charge in [-0.3, -0.25) is 0 Å². The monoisotopic (exact) mass is 158 g/mol. The maximum absolute atomic E-state index is 10.6. The van der Waals surface area contributed by atoms with Gasteiger partial charge in [-0.15, -0.1) is 0 Å². The van der Waals surface area contributed by atoms with Crippen molar-refractivity contribution in [3.63, 3.8) is 0 Å². The van der Waals surface area contributed by atoms with Crippen molar-refractivity contribution in [2.24, 2.45) is 0 Å². The lowest BCUT2D eigenvalue weighted by Crippen LogP contribution is -2.25. The Kier molecular flexibility index (Phi) is 1.85. The summed E-state index contributed by atoms with van der Waals surface area (Å²) in [7, 11) is 0. The number of carboxylic acids is 1. The molecule has 4 nitrogen and oxygen atoms in total. The zero-order valence-corrected chi connectivity index (χ0v) is 6.29. The number of hydrogen-bond donors (Lipinski definition) is 1. The first-order valence-corrected chi connectivity index (χ1v) is 3.60. The summed E-state index contributed by atoms with van der Waals surface area (Å²) >= 11 is 0. The van der Waals surface area contributed by atoms with Crippen molar-refractivity contribution in [2.75, 3.05) is 0 Å². The maximum Gasteiger partial charge on any atom is 0.364 e. The second-order valence-corrected chi connectivity index (χ2v) is 2.63. The molecule has 1 fully saturated rings.